The molecule has 0 radical (unpaired) electrons. The van der Waals surface area contributed by atoms with Gasteiger partial charge < -0.3 is 9.47 Å². The highest BCUT2D eigenvalue weighted by molar-refractivity contribution is 5.34. The highest BCUT2D eigenvalue weighted by atomic mass is 16.5. The number of hydrogen-bond donors (Lipinski definition) is 0. The molecule has 1 aromatic carbocycles. The SMILES string of the molecule is Cc1ccc(OCCCCCOc2ccc(C#N)cc2)cn1. The first-order valence-corrected chi connectivity index (χ1v) is 7.46. The van der Waals surface area contributed by atoms with Crippen molar-refractivity contribution in [2.24, 2.45) is 0 Å². The molecule has 0 saturated carbocycles. The summed E-state index contributed by atoms with van der Waals surface area (Å²) < 4.78 is 11.2. The topological polar surface area (TPSA) is 55.1 Å². The van der Waals surface area contributed by atoms with Gasteiger partial charge in [0.1, 0.15) is 11.5 Å². The largest absolute Gasteiger partial charge is 0.494 e. The van der Waals surface area contributed by atoms with Gasteiger partial charge >= 0.3 is 0 Å². The minimum Gasteiger partial charge on any atom is -0.494 e. The van der Waals surface area contributed by atoms with Crippen LogP contribution in [0.15, 0.2) is 42.6 Å². The lowest BCUT2D eigenvalue weighted by molar-refractivity contribution is 0.279. The van der Waals surface area contributed by atoms with Crippen molar-refractivity contribution >= 4 is 0 Å². The number of unbranched alkanes of at least 4 members (excludes halogenated alkanes) is 2. The van der Waals surface area contributed by atoms with Crippen molar-refractivity contribution in [3.8, 4) is 17.6 Å². The van der Waals surface area contributed by atoms with Crippen molar-refractivity contribution in [2.75, 3.05) is 13.2 Å². The molecule has 0 bridgehead atoms. The average molecular weight is 296 g/mol. The van der Waals surface area contributed by atoms with Gasteiger partial charge in [0.15, 0.2) is 0 Å². The van der Waals surface area contributed by atoms with Gasteiger partial charge in [0.2, 0.25) is 0 Å². The van der Waals surface area contributed by atoms with E-state index in [-0.39, 0.29) is 0 Å². The molecule has 0 atom stereocenters. The van der Waals surface area contributed by atoms with Gasteiger partial charge in [0.25, 0.3) is 0 Å². The Balaban J connectivity index is 1.54. The van der Waals surface area contributed by atoms with Gasteiger partial charge in [-0.3, -0.25) is 4.98 Å². The van der Waals surface area contributed by atoms with E-state index in [9.17, 15) is 0 Å². The molecule has 0 spiro atoms. The van der Waals surface area contributed by atoms with Crippen LogP contribution in [0.2, 0.25) is 0 Å². The molecule has 4 heteroatoms. The first-order valence-electron chi connectivity index (χ1n) is 7.46. The van der Waals surface area contributed by atoms with E-state index in [0.717, 1.165) is 36.5 Å². The van der Waals surface area contributed by atoms with Crippen LogP contribution in [-0.2, 0) is 0 Å². The predicted octanol–water partition coefficient (Wildman–Crippen LogP) is 3.89. The van der Waals surface area contributed by atoms with Crippen LogP contribution in [0.1, 0.15) is 30.5 Å². The maximum Gasteiger partial charge on any atom is 0.137 e. The van der Waals surface area contributed by atoms with Gasteiger partial charge in [-0.05, 0) is 62.6 Å². The molecule has 114 valence electrons. The Morgan fingerprint density at radius 2 is 1.55 bits per heavy atom. The lowest BCUT2D eigenvalue weighted by Crippen LogP contribution is -2.01. The van der Waals surface area contributed by atoms with Crippen LogP contribution in [-0.4, -0.2) is 18.2 Å². The summed E-state index contributed by atoms with van der Waals surface area (Å²) >= 11 is 0. The van der Waals surface area contributed by atoms with Crippen molar-refractivity contribution in [3.05, 3.63) is 53.9 Å². The van der Waals surface area contributed by atoms with Gasteiger partial charge in [0.05, 0.1) is 31.0 Å². The summed E-state index contributed by atoms with van der Waals surface area (Å²) in [5.74, 6) is 1.63. The van der Waals surface area contributed by atoms with Crippen molar-refractivity contribution in [1.29, 1.82) is 5.26 Å². The molecule has 0 aliphatic rings. The molecule has 0 fully saturated rings. The van der Waals surface area contributed by atoms with Crippen LogP contribution in [0.3, 0.4) is 0 Å². The first-order chi connectivity index (χ1) is 10.8. The lowest BCUT2D eigenvalue weighted by Gasteiger charge is -2.07. The third-order valence-electron chi connectivity index (χ3n) is 3.19. The summed E-state index contributed by atoms with van der Waals surface area (Å²) in [5.41, 5.74) is 1.64. The molecule has 0 aliphatic heterocycles. The van der Waals surface area contributed by atoms with Crippen LogP contribution in [0.5, 0.6) is 11.5 Å². The Bertz CT molecular complexity index is 600. The van der Waals surface area contributed by atoms with Gasteiger partial charge in [-0.2, -0.15) is 5.26 Å². The number of ether oxygens (including phenoxy) is 2. The molecule has 0 N–H and O–H groups in total. The van der Waals surface area contributed by atoms with E-state index in [1.807, 2.05) is 31.2 Å². The second-order valence-corrected chi connectivity index (χ2v) is 5.03. The maximum absolute atomic E-state index is 8.71. The summed E-state index contributed by atoms with van der Waals surface area (Å²) in [6.45, 7) is 3.33. The third kappa shape index (κ3) is 5.45. The maximum atomic E-state index is 8.71. The van der Waals surface area contributed by atoms with Crippen LogP contribution < -0.4 is 9.47 Å². The predicted molar refractivity (Wildman–Crippen MR) is 85.0 cm³/mol. The van der Waals surface area contributed by atoms with Gasteiger partial charge in [0, 0.05) is 5.69 Å². The molecule has 2 aromatic rings. The van der Waals surface area contributed by atoms with Gasteiger partial charge in [-0.15, -0.1) is 0 Å². The van der Waals surface area contributed by atoms with E-state index in [1.54, 1.807) is 18.3 Å². The molecule has 1 aromatic heterocycles. The van der Waals surface area contributed by atoms with Crippen molar-refractivity contribution < 1.29 is 9.47 Å². The Morgan fingerprint density at radius 3 is 2.14 bits per heavy atom. The summed E-state index contributed by atoms with van der Waals surface area (Å²) in [6.07, 6.45) is 4.78. The monoisotopic (exact) mass is 296 g/mol. The highest BCUT2D eigenvalue weighted by Gasteiger charge is 1.97. The molecule has 0 unspecified atom stereocenters. The minimum absolute atomic E-state index is 0.648. The number of benzene rings is 1. The quantitative estimate of drug-likeness (QED) is 0.693. The second kappa shape index (κ2) is 8.68. The molecule has 22 heavy (non-hydrogen) atoms. The normalized spacial score (nSPS) is 10.0. The third-order valence-corrected chi connectivity index (χ3v) is 3.19. The van der Waals surface area contributed by atoms with Crippen molar-refractivity contribution in [1.82, 2.24) is 4.98 Å². The zero-order valence-corrected chi connectivity index (χ0v) is 12.8. The number of nitriles is 1. The number of aryl methyl sites for hydroxylation is 1. The lowest BCUT2D eigenvalue weighted by atomic mass is 10.2. The summed E-state index contributed by atoms with van der Waals surface area (Å²) in [4.78, 5) is 4.19. The van der Waals surface area contributed by atoms with E-state index in [0.29, 0.717) is 18.8 Å². The first kappa shape index (κ1) is 15.8. The molecule has 0 aliphatic carbocycles. The fraction of sp³-hybridized carbons (Fsp3) is 0.333. The summed E-state index contributed by atoms with van der Waals surface area (Å²) in [5, 5.41) is 8.71. The number of hydrogen-bond acceptors (Lipinski definition) is 4. The Morgan fingerprint density at radius 1 is 0.909 bits per heavy atom. The van der Waals surface area contributed by atoms with Gasteiger partial charge in [-0.25, -0.2) is 0 Å². The molecule has 0 saturated heterocycles. The van der Waals surface area contributed by atoms with Crippen LogP contribution in [0.25, 0.3) is 0 Å². The van der Waals surface area contributed by atoms with Crippen LogP contribution in [0, 0.1) is 18.3 Å². The van der Waals surface area contributed by atoms with Crippen LogP contribution in [0.4, 0.5) is 0 Å². The minimum atomic E-state index is 0.648. The highest BCUT2D eigenvalue weighted by Crippen LogP contribution is 2.13. The standard InChI is InChI=1S/C18H20N2O2/c1-15-5-8-18(14-20-15)22-12-4-2-3-11-21-17-9-6-16(13-19)7-10-17/h5-10,14H,2-4,11-12H2,1H3. The number of pyridine rings is 1. The van der Waals surface area contributed by atoms with Crippen molar-refractivity contribution in [3.63, 3.8) is 0 Å². The van der Waals surface area contributed by atoms with Gasteiger partial charge in [-0.1, -0.05) is 0 Å². The molecule has 0 amide bonds. The van der Waals surface area contributed by atoms with Crippen molar-refractivity contribution in [2.45, 2.75) is 26.2 Å². The fourth-order valence-electron chi connectivity index (χ4n) is 1.93. The van der Waals surface area contributed by atoms with E-state index >= 15 is 0 Å². The zero-order valence-electron chi connectivity index (χ0n) is 12.8. The van der Waals surface area contributed by atoms with Crippen LogP contribution >= 0.6 is 0 Å². The van der Waals surface area contributed by atoms with E-state index in [4.69, 9.17) is 14.7 Å². The molecular formula is C18H20N2O2. The summed E-state index contributed by atoms with van der Waals surface area (Å²) in [7, 11) is 0. The second-order valence-electron chi connectivity index (χ2n) is 5.03. The smallest absolute Gasteiger partial charge is 0.137 e. The number of rotatable bonds is 8. The average Bonchev–Trinajstić information content (AvgIpc) is 2.56. The molecule has 2 rings (SSSR count). The Kier molecular flexibility index (Phi) is 6.25. The fourth-order valence-corrected chi connectivity index (χ4v) is 1.93. The number of aromatic nitrogens is 1. The Hall–Kier alpha value is -2.54. The van der Waals surface area contributed by atoms with E-state index in [1.165, 1.54) is 0 Å². The summed E-state index contributed by atoms with van der Waals surface area (Å²) in [6, 6.07) is 13.1. The van der Waals surface area contributed by atoms with E-state index < -0.39 is 0 Å². The molecular weight excluding hydrogens is 276 g/mol. The molecule has 4 nitrogen and oxygen atoms in total. The van der Waals surface area contributed by atoms with E-state index in [2.05, 4.69) is 11.1 Å². The molecule has 1 heterocycles. The Labute approximate surface area is 131 Å². The zero-order chi connectivity index (χ0) is 15.6. The number of nitrogens with zero attached hydrogens (tertiary/aromatic N) is 2.